The number of benzene rings is 1. The fraction of sp³-hybridized carbons (Fsp3) is 0.458. The molecule has 2 aliphatic heterocycles. The van der Waals surface area contributed by atoms with Crippen molar-refractivity contribution in [2.75, 3.05) is 13.1 Å². The highest BCUT2D eigenvalue weighted by molar-refractivity contribution is 6.31. The molecular formula is C24H28ClN5O2. The van der Waals surface area contributed by atoms with E-state index in [-0.39, 0.29) is 12.0 Å². The fourth-order valence-corrected chi connectivity index (χ4v) is 4.91. The van der Waals surface area contributed by atoms with Gasteiger partial charge in [-0.15, -0.1) is 0 Å². The van der Waals surface area contributed by atoms with Crippen molar-refractivity contribution in [2.45, 2.75) is 58.7 Å². The minimum Gasteiger partial charge on any atom is -0.489 e. The Morgan fingerprint density at radius 2 is 1.94 bits per heavy atom. The highest BCUT2D eigenvalue weighted by Crippen LogP contribution is 2.42. The van der Waals surface area contributed by atoms with Gasteiger partial charge in [0.05, 0.1) is 39.8 Å². The molecule has 5 rings (SSSR count). The minimum absolute atomic E-state index is 0.0573. The van der Waals surface area contributed by atoms with Crippen molar-refractivity contribution in [1.82, 2.24) is 24.8 Å². The molecule has 0 aliphatic carbocycles. The van der Waals surface area contributed by atoms with Gasteiger partial charge in [0.15, 0.2) is 5.65 Å². The molecule has 8 heteroatoms. The van der Waals surface area contributed by atoms with Crippen LogP contribution in [-0.2, 0) is 12.1 Å². The average Bonchev–Trinajstić information content (AvgIpc) is 3.27. The van der Waals surface area contributed by atoms with Crippen LogP contribution in [0, 0.1) is 13.8 Å². The first-order valence-corrected chi connectivity index (χ1v) is 11.5. The van der Waals surface area contributed by atoms with Crippen molar-refractivity contribution in [3.8, 4) is 5.75 Å². The van der Waals surface area contributed by atoms with Crippen molar-refractivity contribution in [3.05, 3.63) is 57.5 Å². The number of fused-ring (bicyclic) bond motifs is 3. The molecule has 32 heavy (non-hydrogen) atoms. The van der Waals surface area contributed by atoms with Gasteiger partial charge in [0, 0.05) is 5.56 Å². The summed E-state index contributed by atoms with van der Waals surface area (Å²) in [5.41, 5.74) is 4.23. The molecule has 0 atom stereocenters. The lowest BCUT2D eigenvalue weighted by molar-refractivity contribution is 0.0559. The van der Waals surface area contributed by atoms with E-state index >= 15 is 0 Å². The number of carbonyl (C=O) groups is 1. The van der Waals surface area contributed by atoms with Crippen LogP contribution in [0.4, 0.5) is 0 Å². The van der Waals surface area contributed by atoms with Crippen molar-refractivity contribution < 1.29 is 9.53 Å². The summed E-state index contributed by atoms with van der Waals surface area (Å²) < 4.78 is 8.08. The summed E-state index contributed by atoms with van der Waals surface area (Å²) in [6.45, 7) is 10.2. The molecule has 1 fully saturated rings. The van der Waals surface area contributed by atoms with Crippen LogP contribution in [0.5, 0.6) is 5.75 Å². The summed E-state index contributed by atoms with van der Waals surface area (Å²) in [7, 11) is 0. The number of piperidine rings is 1. The van der Waals surface area contributed by atoms with Crippen LogP contribution in [-0.4, -0.2) is 44.6 Å². The number of aromatic nitrogens is 3. The summed E-state index contributed by atoms with van der Waals surface area (Å²) in [4.78, 5) is 20.3. The summed E-state index contributed by atoms with van der Waals surface area (Å²) in [6, 6.07) is 7.55. The molecule has 0 bridgehead atoms. The normalized spacial score (nSPS) is 18.2. The van der Waals surface area contributed by atoms with Gasteiger partial charge in [-0.2, -0.15) is 5.10 Å². The first-order chi connectivity index (χ1) is 15.3. The van der Waals surface area contributed by atoms with Gasteiger partial charge in [-0.25, -0.2) is 9.50 Å². The van der Waals surface area contributed by atoms with E-state index < -0.39 is 5.54 Å². The van der Waals surface area contributed by atoms with Gasteiger partial charge >= 0.3 is 0 Å². The predicted octanol–water partition coefficient (Wildman–Crippen LogP) is 4.02. The number of nitrogens with one attached hydrogen (secondary N) is 1. The Kier molecular flexibility index (Phi) is 5.13. The van der Waals surface area contributed by atoms with Crippen LogP contribution in [0.2, 0.25) is 5.02 Å². The van der Waals surface area contributed by atoms with Gasteiger partial charge in [-0.1, -0.05) is 23.7 Å². The lowest BCUT2D eigenvalue weighted by Crippen LogP contribution is -2.41. The van der Waals surface area contributed by atoms with Crippen molar-refractivity contribution in [1.29, 1.82) is 0 Å². The van der Waals surface area contributed by atoms with Crippen molar-refractivity contribution in [3.63, 3.8) is 0 Å². The molecule has 1 saturated heterocycles. The number of carbonyl (C=O) groups excluding carboxylic acids is 1. The lowest BCUT2D eigenvalue weighted by Gasteiger charge is -2.32. The summed E-state index contributed by atoms with van der Waals surface area (Å²) in [5, 5.41) is 8.79. The topological polar surface area (TPSA) is 71.8 Å². The Morgan fingerprint density at radius 3 is 2.69 bits per heavy atom. The molecule has 1 amide bonds. The van der Waals surface area contributed by atoms with E-state index in [2.05, 4.69) is 5.32 Å². The zero-order valence-electron chi connectivity index (χ0n) is 18.9. The van der Waals surface area contributed by atoms with E-state index in [0.29, 0.717) is 22.9 Å². The molecule has 4 heterocycles. The van der Waals surface area contributed by atoms with Crippen LogP contribution in [0.3, 0.4) is 0 Å². The fourth-order valence-electron chi connectivity index (χ4n) is 4.78. The van der Waals surface area contributed by atoms with Crippen molar-refractivity contribution >= 4 is 23.2 Å². The maximum atomic E-state index is 13.8. The molecule has 0 spiro atoms. The number of nitrogens with zero attached hydrogens (tertiary/aromatic N) is 4. The number of ether oxygens (including phenoxy) is 1. The Balaban J connectivity index is 1.50. The quantitative estimate of drug-likeness (QED) is 0.648. The Hall–Kier alpha value is -2.64. The number of aryl methyl sites for hydroxylation is 2. The second-order valence-corrected chi connectivity index (χ2v) is 9.55. The van der Waals surface area contributed by atoms with Crippen LogP contribution < -0.4 is 10.1 Å². The molecule has 7 nitrogen and oxygen atoms in total. The summed E-state index contributed by atoms with van der Waals surface area (Å²) in [6.07, 6.45) is 2.00. The number of amides is 1. The molecular weight excluding hydrogens is 426 g/mol. The van der Waals surface area contributed by atoms with E-state index in [9.17, 15) is 4.79 Å². The number of rotatable bonds is 3. The Labute approximate surface area is 192 Å². The molecule has 1 N–H and O–H groups in total. The monoisotopic (exact) mass is 453 g/mol. The van der Waals surface area contributed by atoms with Gasteiger partial charge in [0.25, 0.3) is 5.91 Å². The number of hydrogen-bond acceptors (Lipinski definition) is 5. The van der Waals surface area contributed by atoms with Crippen LogP contribution in [0.1, 0.15) is 59.7 Å². The third kappa shape index (κ3) is 3.26. The third-order valence-corrected chi connectivity index (χ3v) is 7.24. The lowest BCUT2D eigenvalue weighted by atomic mass is 10.00. The third-order valence-electron chi connectivity index (χ3n) is 6.70. The van der Waals surface area contributed by atoms with E-state index in [1.165, 1.54) is 0 Å². The molecule has 168 valence electrons. The van der Waals surface area contributed by atoms with Gasteiger partial charge in [-0.3, -0.25) is 4.79 Å². The second-order valence-electron chi connectivity index (χ2n) is 9.17. The Bertz CT molecular complexity index is 1210. The maximum Gasteiger partial charge on any atom is 0.258 e. The first-order valence-electron chi connectivity index (χ1n) is 11.1. The molecule has 2 aliphatic rings. The SMILES string of the molecule is Cc1nc2c3c(nn2c(C)c1Cl)C(C)(C)N(C(=O)c1ccccc1OC1CCNCC1)C3. The average molecular weight is 454 g/mol. The maximum absolute atomic E-state index is 13.8. The van der Waals surface area contributed by atoms with E-state index in [0.717, 1.165) is 54.2 Å². The van der Waals surface area contributed by atoms with Gasteiger partial charge < -0.3 is 15.0 Å². The molecule has 1 aromatic carbocycles. The summed E-state index contributed by atoms with van der Waals surface area (Å²) in [5.74, 6) is 0.591. The second kappa shape index (κ2) is 7.74. The zero-order chi connectivity index (χ0) is 22.6. The molecule has 2 aromatic heterocycles. The first kappa shape index (κ1) is 21.2. The van der Waals surface area contributed by atoms with E-state index in [1.807, 2.05) is 56.9 Å². The van der Waals surface area contributed by atoms with E-state index in [1.54, 1.807) is 4.52 Å². The van der Waals surface area contributed by atoms with E-state index in [4.69, 9.17) is 26.4 Å². The van der Waals surface area contributed by atoms with Crippen LogP contribution >= 0.6 is 11.6 Å². The van der Waals surface area contributed by atoms with Gasteiger partial charge in [0.2, 0.25) is 0 Å². The van der Waals surface area contributed by atoms with Crippen LogP contribution in [0.15, 0.2) is 24.3 Å². The zero-order valence-corrected chi connectivity index (χ0v) is 19.7. The molecule has 3 aromatic rings. The van der Waals surface area contributed by atoms with Gasteiger partial charge in [-0.05, 0) is 65.8 Å². The molecule has 0 radical (unpaired) electrons. The molecule has 0 saturated carbocycles. The predicted molar refractivity (Wildman–Crippen MR) is 123 cm³/mol. The standard InChI is InChI=1S/C24H28ClN5O2/c1-14-20(25)15(2)30-22(27-14)18-13-29(24(3,4)21(18)28-30)23(31)17-7-5-6-8-19(17)32-16-9-11-26-12-10-16/h5-8,16,26H,9-13H2,1-4H3. The Morgan fingerprint density at radius 1 is 1.22 bits per heavy atom. The molecule has 0 unspecified atom stereocenters. The number of para-hydroxylation sites is 1. The minimum atomic E-state index is -0.588. The number of hydrogen-bond donors (Lipinski definition) is 1. The highest BCUT2D eigenvalue weighted by atomic mass is 35.5. The van der Waals surface area contributed by atoms with Crippen LogP contribution in [0.25, 0.3) is 5.65 Å². The van der Waals surface area contributed by atoms with Gasteiger partial charge in [0.1, 0.15) is 11.9 Å². The van der Waals surface area contributed by atoms with Crippen molar-refractivity contribution in [2.24, 2.45) is 0 Å². The highest BCUT2D eigenvalue weighted by Gasteiger charge is 2.45. The smallest absolute Gasteiger partial charge is 0.258 e. The summed E-state index contributed by atoms with van der Waals surface area (Å²) >= 11 is 6.40. The number of halogens is 1. The largest absolute Gasteiger partial charge is 0.489 e.